The minimum Gasteiger partial charge on any atom is -0.380 e. The molecule has 1 aromatic heterocycles. The Morgan fingerprint density at radius 3 is 2.68 bits per heavy atom. The maximum atomic E-state index is 6.25. The van der Waals surface area contributed by atoms with Crippen molar-refractivity contribution in [2.45, 2.75) is 64.1 Å². The van der Waals surface area contributed by atoms with E-state index < -0.39 is 0 Å². The van der Waals surface area contributed by atoms with Crippen LogP contribution >= 0.6 is 0 Å². The van der Waals surface area contributed by atoms with Crippen molar-refractivity contribution >= 4 is 0 Å². The van der Waals surface area contributed by atoms with E-state index in [0.29, 0.717) is 12.0 Å². The molecule has 0 saturated heterocycles. The van der Waals surface area contributed by atoms with E-state index in [4.69, 9.17) is 10.5 Å². The van der Waals surface area contributed by atoms with Crippen molar-refractivity contribution in [3.05, 3.63) is 18.0 Å². The van der Waals surface area contributed by atoms with Crippen LogP contribution in [0.1, 0.15) is 51.3 Å². The zero-order chi connectivity index (χ0) is 13.8. The molecule has 19 heavy (non-hydrogen) atoms. The Morgan fingerprint density at radius 1 is 1.42 bits per heavy atom. The summed E-state index contributed by atoms with van der Waals surface area (Å²) >= 11 is 0. The summed E-state index contributed by atoms with van der Waals surface area (Å²) in [6, 6.07) is 2.72. The van der Waals surface area contributed by atoms with Gasteiger partial charge in [0.15, 0.2) is 0 Å². The molecule has 1 aromatic rings. The maximum Gasteiger partial charge on any atom is 0.0748 e. The van der Waals surface area contributed by atoms with E-state index in [2.05, 4.69) is 35.9 Å². The van der Waals surface area contributed by atoms with E-state index in [1.54, 1.807) is 7.11 Å². The monoisotopic (exact) mass is 265 g/mol. The molecule has 1 fully saturated rings. The standard InChI is InChI=1S/C15H27N3O/c1-11(2)15(19-3)14(16)10-12-8-9-18(17-12)13-6-4-5-7-13/h8-9,11,13-15H,4-7,10,16H2,1-3H3. The lowest BCUT2D eigenvalue weighted by molar-refractivity contribution is 0.0438. The second kappa shape index (κ2) is 6.53. The van der Waals surface area contributed by atoms with E-state index >= 15 is 0 Å². The molecule has 0 aromatic carbocycles. The van der Waals surface area contributed by atoms with Crippen molar-refractivity contribution in [3.63, 3.8) is 0 Å². The van der Waals surface area contributed by atoms with Gasteiger partial charge in [-0.1, -0.05) is 26.7 Å². The van der Waals surface area contributed by atoms with Crippen LogP contribution in [-0.2, 0) is 11.2 Å². The van der Waals surface area contributed by atoms with Crippen molar-refractivity contribution < 1.29 is 4.74 Å². The Labute approximate surface area is 116 Å². The zero-order valence-electron chi connectivity index (χ0n) is 12.4. The molecule has 4 heteroatoms. The number of nitrogens with two attached hydrogens (primary N) is 1. The van der Waals surface area contributed by atoms with Crippen LogP contribution in [0.25, 0.3) is 0 Å². The second-order valence-corrected chi connectivity index (χ2v) is 6.04. The van der Waals surface area contributed by atoms with Gasteiger partial charge < -0.3 is 10.5 Å². The van der Waals surface area contributed by atoms with Gasteiger partial charge in [0.25, 0.3) is 0 Å². The minimum atomic E-state index is 0.0110. The molecule has 0 aliphatic heterocycles. The summed E-state index contributed by atoms with van der Waals surface area (Å²) in [4.78, 5) is 0. The molecule has 0 amide bonds. The van der Waals surface area contributed by atoms with Gasteiger partial charge in [-0.05, 0) is 24.8 Å². The van der Waals surface area contributed by atoms with Crippen LogP contribution in [0, 0.1) is 5.92 Å². The Morgan fingerprint density at radius 2 is 2.11 bits per heavy atom. The van der Waals surface area contributed by atoms with E-state index in [9.17, 15) is 0 Å². The minimum absolute atomic E-state index is 0.0110. The predicted octanol–water partition coefficient (Wildman–Crippen LogP) is 2.54. The van der Waals surface area contributed by atoms with Gasteiger partial charge in [0, 0.05) is 25.8 Å². The highest BCUT2D eigenvalue weighted by atomic mass is 16.5. The first-order valence-corrected chi connectivity index (χ1v) is 7.44. The molecule has 2 unspecified atom stereocenters. The summed E-state index contributed by atoms with van der Waals surface area (Å²) in [5, 5.41) is 4.69. The Kier molecular flexibility index (Phi) is 4.99. The molecule has 4 nitrogen and oxygen atoms in total. The first kappa shape index (κ1) is 14.5. The lowest BCUT2D eigenvalue weighted by atomic mass is 9.97. The zero-order valence-corrected chi connectivity index (χ0v) is 12.4. The highest BCUT2D eigenvalue weighted by molar-refractivity contribution is 5.03. The lowest BCUT2D eigenvalue weighted by Gasteiger charge is -2.25. The molecule has 2 N–H and O–H groups in total. The number of aromatic nitrogens is 2. The first-order chi connectivity index (χ1) is 9.11. The van der Waals surface area contributed by atoms with Crippen molar-refractivity contribution in [1.82, 2.24) is 9.78 Å². The Hall–Kier alpha value is -0.870. The van der Waals surface area contributed by atoms with Gasteiger partial charge in [-0.15, -0.1) is 0 Å². The van der Waals surface area contributed by atoms with Gasteiger partial charge in [-0.3, -0.25) is 4.68 Å². The third-order valence-electron chi connectivity index (χ3n) is 4.16. The highest BCUT2D eigenvalue weighted by Crippen LogP contribution is 2.28. The molecule has 108 valence electrons. The second-order valence-electron chi connectivity index (χ2n) is 6.04. The molecule has 0 spiro atoms. The number of nitrogens with zero attached hydrogens (tertiary/aromatic N) is 2. The lowest BCUT2D eigenvalue weighted by Crippen LogP contribution is -2.41. The quantitative estimate of drug-likeness (QED) is 0.860. The molecule has 0 radical (unpaired) electrons. The predicted molar refractivity (Wildman–Crippen MR) is 77.0 cm³/mol. The van der Waals surface area contributed by atoms with Crippen LogP contribution < -0.4 is 5.73 Å². The molecule has 2 atom stereocenters. The third-order valence-corrected chi connectivity index (χ3v) is 4.16. The molecule has 1 heterocycles. The van der Waals surface area contributed by atoms with E-state index in [1.165, 1.54) is 25.7 Å². The van der Waals surface area contributed by atoms with Gasteiger partial charge in [0.1, 0.15) is 0 Å². The number of methoxy groups -OCH3 is 1. The first-order valence-electron chi connectivity index (χ1n) is 7.44. The number of hydrogen-bond donors (Lipinski definition) is 1. The average Bonchev–Trinajstić information content (AvgIpc) is 2.98. The van der Waals surface area contributed by atoms with Crippen LogP contribution in [0.5, 0.6) is 0 Å². The summed E-state index contributed by atoms with van der Waals surface area (Å²) in [5.74, 6) is 0.428. The normalized spacial score (nSPS) is 20.1. The van der Waals surface area contributed by atoms with E-state index in [1.807, 2.05) is 0 Å². The Balaban J connectivity index is 1.95. The molecule has 0 bridgehead atoms. The van der Waals surface area contributed by atoms with Crippen molar-refractivity contribution in [2.24, 2.45) is 11.7 Å². The molecule has 1 aliphatic carbocycles. The topological polar surface area (TPSA) is 53.1 Å². The van der Waals surface area contributed by atoms with Crippen molar-refractivity contribution in [2.75, 3.05) is 7.11 Å². The molecular formula is C15H27N3O. The number of hydrogen-bond acceptors (Lipinski definition) is 3. The van der Waals surface area contributed by atoms with Gasteiger partial charge in [0.2, 0.25) is 0 Å². The van der Waals surface area contributed by atoms with E-state index in [-0.39, 0.29) is 12.1 Å². The number of rotatable bonds is 6. The van der Waals surface area contributed by atoms with Crippen molar-refractivity contribution in [3.8, 4) is 0 Å². The van der Waals surface area contributed by atoms with Crippen LogP contribution in [0.4, 0.5) is 0 Å². The van der Waals surface area contributed by atoms with Gasteiger partial charge >= 0.3 is 0 Å². The number of ether oxygens (including phenoxy) is 1. The van der Waals surface area contributed by atoms with Crippen LogP contribution in [-0.4, -0.2) is 29.0 Å². The molecular weight excluding hydrogens is 238 g/mol. The maximum absolute atomic E-state index is 6.25. The van der Waals surface area contributed by atoms with Gasteiger partial charge in [-0.2, -0.15) is 5.10 Å². The summed E-state index contributed by atoms with van der Waals surface area (Å²) in [5.41, 5.74) is 7.34. The van der Waals surface area contributed by atoms with Crippen LogP contribution in [0.15, 0.2) is 12.3 Å². The molecule has 1 aliphatic rings. The van der Waals surface area contributed by atoms with Gasteiger partial charge in [-0.25, -0.2) is 0 Å². The fourth-order valence-electron chi connectivity index (χ4n) is 3.16. The van der Waals surface area contributed by atoms with Crippen molar-refractivity contribution in [1.29, 1.82) is 0 Å². The van der Waals surface area contributed by atoms with Crippen LogP contribution in [0.2, 0.25) is 0 Å². The molecule has 2 rings (SSSR count). The SMILES string of the molecule is COC(C(C)C)C(N)Cc1ccn(C2CCCC2)n1. The fraction of sp³-hybridized carbons (Fsp3) is 0.800. The summed E-state index contributed by atoms with van der Waals surface area (Å²) in [6.45, 7) is 4.29. The smallest absolute Gasteiger partial charge is 0.0748 e. The third kappa shape index (κ3) is 3.57. The summed E-state index contributed by atoms with van der Waals surface area (Å²) < 4.78 is 7.62. The molecule has 1 saturated carbocycles. The average molecular weight is 265 g/mol. The fourth-order valence-corrected chi connectivity index (χ4v) is 3.16. The van der Waals surface area contributed by atoms with Gasteiger partial charge in [0.05, 0.1) is 17.8 Å². The Bertz CT molecular complexity index is 382. The summed E-state index contributed by atoms with van der Waals surface area (Å²) in [7, 11) is 1.74. The van der Waals surface area contributed by atoms with E-state index in [0.717, 1.165) is 12.1 Å². The van der Waals surface area contributed by atoms with Crippen LogP contribution in [0.3, 0.4) is 0 Å². The largest absolute Gasteiger partial charge is 0.380 e. The highest BCUT2D eigenvalue weighted by Gasteiger charge is 2.23. The summed E-state index contributed by atoms with van der Waals surface area (Å²) in [6.07, 6.45) is 8.18.